The first kappa shape index (κ1) is 16.0. The maximum atomic E-state index is 12.2. The zero-order valence-electron chi connectivity index (χ0n) is 12.8. The average Bonchev–Trinajstić information content (AvgIpc) is 3.10. The lowest BCUT2D eigenvalue weighted by atomic mass is 10.3. The van der Waals surface area contributed by atoms with Gasteiger partial charge in [-0.15, -0.1) is 11.3 Å². The molecule has 0 saturated carbocycles. The lowest BCUT2D eigenvalue weighted by Gasteiger charge is -2.03. The quantitative estimate of drug-likeness (QED) is 0.718. The van der Waals surface area contributed by atoms with E-state index in [4.69, 9.17) is 16.3 Å². The van der Waals surface area contributed by atoms with Crippen molar-refractivity contribution in [3.8, 4) is 5.69 Å². The van der Waals surface area contributed by atoms with Gasteiger partial charge in [0.15, 0.2) is 0 Å². The second kappa shape index (κ2) is 6.70. The Hall–Kier alpha value is -1.89. The van der Waals surface area contributed by atoms with Crippen molar-refractivity contribution in [1.29, 1.82) is 0 Å². The van der Waals surface area contributed by atoms with Crippen molar-refractivity contribution in [2.45, 2.75) is 6.92 Å². The molecule has 2 heterocycles. The third kappa shape index (κ3) is 3.24. The summed E-state index contributed by atoms with van der Waals surface area (Å²) in [6.45, 7) is 2.92. The molecular weight excluding hydrogens is 334 g/mol. The van der Waals surface area contributed by atoms with E-state index in [1.165, 1.54) is 11.3 Å². The van der Waals surface area contributed by atoms with Gasteiger partial charge in [-0.25, -0.2) is 4.68 Å². The van der Waals surface area contributed by atoms with Gasteiger partial charge in [0, 0.05) is 24.1 Å². The number of methoxy groups -OCH3 is 1. The Morgan fingerprint density at radius 3 is 2.83 bits per heavy atom. The van der Waals surface area contributed by atoms with E-state index in [9.17, 15) is 4.79 Å². The summed E-state index contributed by atoms with van der Waals surface area (Å²) in [5.41, 5.74) is 1.81. The van der Waals surface area contributed by atoms with Crippen LogP contribution < -0.4 is 5.32 Å². The Kier molecular flexibility index (Phi) is 4.66. The maximum Gasteiger partial charge on any atom is 0.261 e. The molecule has 0 saturated heterocycles. The van der Waals surface area contributed by atoms with Crippen LogP contribution in [0.4, 0.5) is 0 Å². The van der Waals surface area contributed by atoms with Gasteiger partial charge in [-0.05, 0) is 37.3 Å². The molecule has 0 radical (unpaired) electrons. The summed E-state index contributed by atoms with van der Waals surface area (Å²) >= 11 is 7.36. The number of hydrogen-bond acceptors (Lipinski definition) is 4. The number of aryl methyl sites for hydroxylation is 1. The van der Waals surface area contributed by atoms with Crippen LogP contribution in [-0.4, -0.2) is 35.9 Å². The van der Waals surface area contributed by atoms with Crippen molar-refractivity contribution in [3.05, 3.63) is 45.9 Å². The minimum Gasteiger partial charge on any atom is -0.383 e. The summed E-state index contributed by atoms with van der Waals surface area (Å²) < 4.78 is 6.79. The van der Waals surface area contributed by atoms with Crippen LogP contribution in [0.2, 0.25) is 5.02 Å². The largest absolute Gasteiger partial charge is 0.383 e. The standard InChI is InChI=1S/C16H16ClN3O2S/c1-10-13-9-14(15(21)18-7-8-22-2)23-16(13)20(19-10)12-5-3-11(17)4-6-12/h3-6,9H,7-8H2,1-2H3,(H,18,21). The lowest BCUT2D eigenvalue weighted by molar-refractivity contribution is 0.0941. The SMILES string of the molecule is COCCNC(=O)c1cc2c(C)nn(-c3ccc(Cl)cc3)c2s1. The molecule has 1 N–H and O–H groups in total. The van der Waals surface area contributed by atoms with Crippen LogP contribution in [0.15, 0.2) is 30.3 Å². The Balaban J connectivity index is 1.95. The number of thiophene rings is 1. The molecule has 0 aliphatic heterocycles. The number of fused-ring (bicyclic) bond motifs is 1. The summed E-state index contributed by atoms with van der Waals surface area (Å²) in [5.74, 6) is -0.0923. The zero-order valence-corrected chi connectivity index (χ0v) is 14.4. The molecule has 0 spiro atoms. The van der Waals surface area contributed by atoms with Crippen LogP contribution >= 0.6 is 22.9 Å². The highest BCUT2D eigenvalue weighted by atomic mass is 35.5. The van der Waals surface area contributed by atoms with Gasteiger partial charge in [-0.1, -0.05) is 11.6 Å². The highest BCUT2D eigenvalue weighted by Gasteiger charge is 2.16. The van der Waals surface area contributed by atoms with Crippen molar-refractivity contribution in [2.75, 3.05) is 20.3 Å². The number of nitrogens with one attached hydrogen (secondary N) is 1. The maximum absolute atomic E-state index is 12.2. The number of carbonyl (C=O) groups excluding carboxylic acids is 1. The third-order valence-corrected chi connectivity index (χ3v) is 4.79. The number of halogens is 1. The van der Waals surface area contributed by atoms with E-state index in [2.05, 4.69) is 10.4 Å². The van der Waals surface area contributed by atoms with Gasteiger partial charge in [-0.2, -0.15) is 5.10 Å². The molecule has 0 aliphatic rings. The summed E-state index contributed by atoms with van der Waals surface area (Å²) in [4.78, 5) is 13.8. The number of benzene rings is 1. The van der Waals surface area contributed by atoms with E-state index >= 15 is 0 Å². The second-order valence-corrected chi connectivity index (χ2v) is 6.52. The number of ether oxygens (including phenoxy) is 1. The molecule has 0 fully saturated rings. The summed E-state index contributed by atoms with van der Waals surface area (Å²) in [5, 5.41) is 9.06. The van der Waals surface area contributed by atoms with Crippen molar-refractivity contribution < 1.29 is 9.53 Å². The minimum atomic E-state index is -0.0923. The van der Waals surface area contributed by atoms with E-state index < -0.39 is 0 Å². The van der Waals surface area contributed by atoms with Crippen molar-refractivity contribution in [2.24, 2.45) is 0 Å². The van der Waals surface area contributed by atoms with Crippen molar-refractivity contribution in [1.82, 2.24) is 15.1 Å². The first-order chi connectivity index (χ1) is 11.1. The minimum absolute atomic E-state index is 0.0923. The number of nitrogens with zero attached hydrogens (tertiary/aromatic N) is 2. The van der Waals surface area contributed by atoms with Gasteiger partial charge in [0.25, 0.3) is 5.91 Å². The average molecular weight is 350 g/mol. The van der Waals surface area contributed by atoms with Gasteiger partial charge in [0.1, 0.15) is 4.83 Å². The van der Waals surface area contributed by atoms with Gasteiger partial charge in [-0.3, -0.25) is 4.79 Å². The Morgan fingerprint density at radius 2 is 2.13 bits per heavy atom. The molecule has 1 aromatic carbocycles. The molecule has 1 amide bonds. The fourth-order valence-electron chi connectivity index (χ4n) is 2.27. The van der Waals surface area contributed by atoms with Crippen LogP contribution in [0.5, 0.6) is 0 Å². The number of aromatic nitrogens is 2. The zero-order chi connectivity index (χ0) is 16.4. The number of rotatable bonds is 5. The Labute approximate surface area is 142 Å². The smallest absolute Gasteiger partial charge is 0.261 e. The molecular formula is C16H16ClN3O2S. The van der Waals surface area contributed by atoms with E-state index in [0.717, 1.165) is 21.6 Å². The fourth-order valence-corrected chi connectivity index (χ4v) is 3.50. The van der Waals surface area contributed by atoms with Crippen molar-refractivity contribution >= 4 is 39.1 Å². The fraction of sp³-hybridized carbons (Fsp3) is 0.250. The molecule has 0 unspecified atom stereocenters. The third-order valence-electron chi connectivity index (χ3n) is 3.43. The van der Waals surface area contributed by atoms with Crippen LogP contribution in [0.3, 0.4) is 0 Å². The van der Waals surface area contributed by atoms with E-state index in [0.29, 0.717) is 23.1 Å². The molecule has 23 heavy (non-hydrogen) atoms. The van der Waals surface area contributed by atoms with E-state index in [-0.39, 0.29) is 5.91 Å². The second-order valence-electron chi connectivity index (χ2n) is 5.05. The first-order valence-electron chi connectivity index (χ1n) is 7.12. The molecule has 0 bridgehead atoms. The Bertz CT molecular complexity index is 839. The summed E-state index contributed by atoms with van der Waals surface area (Å²) in [7, 11) is 1.61. The van der Waals surface area contributed by atoms with Crippen LogP contribution in [-0.2, 0) is 4.74 Å². The van der Waals surface area contributed by atoms with E-state index in [1.54, 1.807) is 7.11 Å². The Morgan fingerprint density at radius 1 is 1.39 bits per heavy atom. The van der Waals surface area contributed by atoms with Gasteiger partial charge < -0.3 is 10.1 Å². The molecule has 3 aromatic rings. The topological polar surface area (TPSA) is 56.1 Å². The number of hydrogen-bond donors (Lipinski definition) is 1. The molecule has 3 rings (SSSR count). The monoisotopic (exact) mass is 349 g/mol. The predicted octanol–water partition coefficient (Wildman–Crippen LogP) is 3.43. The summed E-state index contributed by atoms with van der Waals surface area (Å²) in [6.07, 6.45) is 0. The summed E-state index contributed by atoms with van der Waals surface area (Å²) in [6, 6.07) is 9.35. The van der Waals surface area contributed by atoms with Crippen LogP contribution in [0.1, 0.15) is 15.4 Å². The number of carbonyl (C=O) groups is 1. The van der Waals surface area contributed by atoms with Gasteiger partial charge in [0.05, 0.1) is 22.9 Å². The molecule has 5 nitrogen and oxygen atoms in total. The normalized spacial score (nSPS) is 11.1. The molecule has 7 heteroatoms. The van der Waals surface area contributed by atoms with Crippen molar-refractivity contribution in [3.63, 3.8) is 0 Å². The molecule has 0 aliphatic carbocycles. The lowest BCUT2D eigenvalue weighted by Crippen LogP contribution is -2.26. The van der Waals surface area contributed by atoms with E-state index in [1.807, 2.05) is 41.9 Å². The van der Waals surface area contributed by atoms with Gasteiger partial charge in [0.2, 0.25) is 0 Å². The molecule has 2 aromatic heterocycles. The van der Waals surface area contributed by atoms with Gasteiger partial charge >= 0.3 is 0 Å². The molecule has 120 valence electrons. The van der Waals surface area contributed by atoms with Crippen LogP contribution in [0, 0.1) is 6.92 Å². The highest BCUT2D eigenvalue weighted by molar-refractivity contribution is 7.20. The highest BCUT2D eigenvalue weighted by Crippen LogP contribution is 2.30. The predicted molar refractivity (Wildman–Crippen MR) is 92.9 cm³/mol. The first-order valence-corrected chi connectivity index (χ1v) is 8.32. The number of amides is 1. The molecule has 0 atom stereocenters. The van der Waals surface area contributed by atoms with Crippen LogP contribution in [0.25, 0.3) is 15.9 Å².